The molecule has 6 nitrogen and oxygen atoms in total. The van der Waals surface area contributed by atoms with Crippen molar-refractivity contribution < 1.29 is 23.0 Å². The van der Waals surface area contributed by atoms with Crippen LogP contribution in [0.1, 0.15) is 13.8 Å². The number of furan rings is 1. The zero-order chi connectivity index (χ0) is 16.2. The molecule has 0 bridgehead atoms. The maximum atomic E-state index is 11.6. The van der Waals surface area contributed by atoms with Gasteiger partial charge in [0.25, 0.3) is 0 Å². The second-order valence-corrected chi connectivity index (χ2v) is 6.04. The van der Waals surface area contributed by atoms with Gasteiger partial charge in [-0.05, 0) is 26.0 Å². The number of fused-ring (bicyclic) bond motifs is 2. The van der Waals surface area contributed by atoms with Gasteiger partial charge in [0.05, 0.1) is 29.7 Å². The van der Waals surface area contributed by atoms with Gasteiger partial charge in [0.2, 0.25) is 5.75 Å². The molecule has 1 saturated heterocycles. The molecule has 0 saturated carbocycles. The van der Waals surface area contributed by atoms with Crippen LogP contribution in [-0.2, 0) is 4.74 Å². The van der Waals surface area contributed by atoms with Gasteiger partial charge >= 0.3 is 5.63 Å². The Morgan fingerprint density at radius 1 is 1.13 bits per heavy atom. The van der Waals surface area contributed by atoms with E-state index in [2.05, 4.69) is 0 Å². The van der Waals surface area contributed by atoms with E-state index in [1.54, 1.807) is 25.5 Å². The third-order valence-electron chi connectivity index (χ3n) is 4.15. The molecular formula is C17H16O6. The van der Waals surface area contributed by atoms with Crippen LogP contribution in [0.3, 0.4) is 0 Å². The van der Waals surface area contributed by atoms with Gasteiger partial charge in [0.1, 0.15) is 18.5 Å². The van der Waals surface area contributed by atoms with E-state index in [9.17, 15) is 4.79 Å². The average Bonchev–Trinajstić information content (AvgIpc) is 2.91. The van der Waals surface area contributed by atoms with E-state index in [0.717, 1.165) is 5.39 Å². The van der Waals surface area contributed by atoms with Crippen LogP contribution < -0.4 is 15.1 Å². The van der Waals surface area contributed by atoms with E-state index < -0.39 is 5.63 Å². The van der Waals surface area contributed by atoms with Crippen LogP contribution in [-0.4, -0.2) is 25.4 Å². The lowest BCUT2D eigenvalue weighted by molar-refractivity contribution is 0.254. The first-order chi connectivity index (χ1) is 11.0. The van der Waals surface area contributed by atoms with Crippen molar-refractivity contribution in [1.29, 1.82) is 0 Å². The number of epoxide rings is 1. The van der Waals surface area contributed by atoms with E-state index in [1.807, 2.05) is 13.8 Å². The molecule has 0 N–H and O–H groups in total. The molecule has 0 aliphatic carbocycles. The standard InChI is InChI=1S/C17H16O6/c1-17(2)11(23-17)8-21-16-14-10(6-7-20-14)13(19-3)9-4-5-12(18)22-15(9)16/h4-7,11H,8H2,1-3H3/t11-/m0/s1. The molecule has 1 aliphatic heterocycles. The Balaban J connectivity index is 1.90. The maximum Gasteiger partial charge on any atom is 0.336 e. The Morgan fingerprint density at radius 2 is 1.87 bits per heavy atom. The van der Waals surface area contributed by atoms with Crippen molar-refractivity contribution in [3.05, 3.63) is 34.9 Å². The quantitative estimate of drug-likeness (QED) is 0.544. The van der Waals surface area contributed by atoms with Crippen LogP contribution >= 0.6 is 0 Å². The molecule has 1 aliphatic rings. The summed E-state index contributed by atoms with van der Waals surface area (Å²) in [5.74, 6) is 0.979. The summed E-state index contributed by atoms with van der Waals surface area (Å²) in [6.07, 6.45) is 1.55. The first-order valence-corrected chi connectivity index (χ1v) is 7.33. The molecule has 0 spiro atoms. The topological polar surface area (TPSA) is 74.3 Å². The van der Waals surface area contributed by atoms with Crippen molar-refractivity contribution in [3.8, 4) is 11.5 Å². The maximum absolute atomic E-state index is 11.6. The Hall–Kier alpha value is -2.47. The number of hydrogen-bond donors (Lipinski definition) is 0. The molecule has 2 aromatic heterocycles. The van der Waals surface area contributed by atoms with Crippen LogP contribution in [0, 0.1) is 0 Å². The van der Waals surface area contributed by atoms with Crippen molar-refractivity contribution in [2.24, 2.45) is 0 Å². The van der Waals surface area contributed by atoms with Gasteiger partial charge in [-0.3, -0.25) is 0 Å². The molecular weight excluding hydrogens is 300 g/mol. The number of ether oxygens (including phenoxy) is 3. The average molecular weight is 316 g/mol. The molecule has 1 aromatic carbocycles. The molecule has 1 fully saturated rings. The summed E-state index contributed by atoms with van der Waals surface area (Å²) >= 11 is 0. The minimum atomic E-state index is -0.460. The third-order valence-corrected chi connectivity index (χ3v) is 4.15. The minimum Gasteiger partial charge on any atom is -0.495 e. The van der Waals surface area contributed by atoms with Crippen molar-refractivity contribution >= 4 is 21.9 Å². The fraction of sp³-hybridized carbons (Fsp3) is 0.353. The smallest absolute Gasteiger partial charge is 0.336 e. The van der Waals surface area contributed by atoms with Crippen LogP contribution in [0.15, 0.2) is 38.1 Å². The molecule has 0 radical (unpaired) electrons. The molecule has 1 atom stereocenters. The second-order valence-electron chi connectivity index (χ2n) is 6.04. The van der Waals surface area contributed by atoms with Crippen LogP contribution in [0.25, 0.3) is 21.9 Å². The van der Waals surface area contributed by atoms with E-state index in [0.29, 0.717) is 34.7 Å². The summed E-state index contributed by atoms with van der Waals surface area (Å²) < 4.78 is 27.8. The van der Waals surface area contributed by atoms with Crippen molar-refractivity contribution in [3.63, 3.8) is 0 Å². The van der Waals surface area contributed by atoms with Crippen molar-refractivity contribution in [2.75, 3.05) is 13.7 Å². The monoisotopic (exact) mass is 316 g/mol. The zero-order valence-electron chi connectivity index (χ0n) is 13.0. The van der Waals surface area contributed by atoms with E-state index in [-0.39, 0.29) is 11.7 Å². The number of hydrogen-bond acceptors (Lipinski definition) is 6. The van der Waals surface area contributed by atoms with Gasteiger partial charge < -0.3 is 23.0 Å². The van der Waals surface area contributed by atoms with Crippen LogP contribution in [0.4, 0.5) is 0 Å². The molecule has 23 heavy (non-hydrogen) atoms. The zero-order valence-corrected chi connectivity index (χ0v) is 13.0. The van der Waals surface area contributed by atoms with Gasteiger partial charge in [-0.1, -0.05) is 0 Å². The SMILES string of the molecule is COc1c2ccoc2c(OC[C@@H]2OC2(C)C)c2oc(=O)ccc12. The molecule has 0 unspecified atom stereocenters. The normalized spacial score (nSPS) is 19.2. The third kappa shape index (κ3) is 2.17. The lowest BCUT2D eigenvalue weighted by Crippen LogP contribution is -2.12. The minimum absolute atomic E-state index is 0.0000908. The van der Waals surface area contributed by atoms with E-state index in [1.165, 1.54) is 6.07 Å². The summed E-state index contributed by atoms with van der Waals surface area (Å²) in [5, 5.41) is 1.42. The predicted octanol–water partition coefficient (Wildman–Crippen LogP) is 3.10. The van der Waals surface area contributed by atoms with Gasteiger partial charge in [0, 0.05) is 6.07 Å². The summed E-state index contributed by atoms with van der Waals surface area (Å²) in [4.78, 5) is 11.6. The highest BCUT2D eigenvalue weighted by Crippen LogP contribution is 2.43. The highest BCUT2D eigenvalue weighted by Gasteiger charge is 2.48. The van der Waals surface area contributed by atoms with Crippen molar-refractivity contribution in [2.45, 2.75) is 25.6 Å². The summed E-state index contributed by atoms with van der Waals surface area (Å²) in [5.41, 5.74) is 0.154. The number of methoxy groups -OCH3 is 1. The Labute approximate surface area is 131 Å². The fourth-order valence-electron chi connectivity index (χ4n) is 2.75. The second kappa shape index (κ2) is 4.76. The van der Waals surface area contributed by atoms with E-state index >= 15 is 0 Å². The molecule has 120 valence electrons. The Bertz CT molecular complexity index is 949. The summed E-state index contributed by atoms with van der Waals surface area (Å²) in [7, 11) is 1.56. The van der Waals surface area contributed by atoms with Crippen molar-refractivity contribution in [1.82, 2.24) is 0 Å². The highest BCUT2D eigenvalue weighted by molar-refractivity contribution is 6.06. The lowest BCUT2D eigenvalue weighted by Gasteiger charge is -2.11. The number of benzene rings is 1. The number of rotatable bonds is 4. The van der Waals surface area contributed by atoms with E-state index in [4.69, 9.17) is 23.0 Å². The summed E-state index contributed by atoms with van der Waals surface area (Å²) in [6, 6.07) is 4.81. The molecule has 6 heteroatoms. The predicted molar refractivity (Wildman–Crippen MR) is 83.3 cm³/mol. The molecule has 0 amide bonds. The van der Waals surface area contributed by atoms with Gasteiger partial charge in [-0.15, -0.1) is 0 Å². The highest BCUT2D eigenvalue weighted by atomic mass is 16.6. The molecule has 3 aromatic rings. The summed E-state index contributed by atoms with van der Waals surface area (Å²) in [6.45, 7) is 4.34. The first kappa shape index (κ1) is 14.1. The van der Waals surface area contributed by atoms with Gasteiger partial charge in [0.15, 0.2) is 11.2 Å². The molecule has 4 rings (SSSR count). The largest absolute Gasteiger partial charge is 0.495 e. The Morgan fingerprint density at radius 3 is 2.57 bits per heavy atom. The van der Waals surface area contributed by atoms with Crippen LogP contribution in [0.2, 0.25) is 0 Å². The molecule has 3 heterocycles. The fourth-order valence-corrected chi connectivity index (χ4v) is 2.75. The first-order valence-electron chi connectivity index (χ1n) is 7.33. The van der Waals surface area contributed by atoms with Gasteiger partial charge in [-0.2, -0.15) is 0 Å². The van der Waals surface area contributed by atoms with Gasteiger partial charge in [-0.25, -0.2) is 4.79 Å². The Kier molecular flexibility index (Phi) is 2.93. The lowest BCUT2D eigenvalue weighted by atomic mass is 10.1. The van der Waals surface area contributed by atoms with Crippen LogP contribution in [0.5, 0.6) is 11.5 Å².